The fourth-order valence-corrected chi connectivity index (χ4v) is 4.58. The zero-order chi connectivity index (χ0) is 28.3. The summed E-state index contributed by atoms with van der Waals surface area (Å²) in [6.07, 6.45) is 0. The van der Waals surface area contributed by atoms with Crippen LogP contribution in [-0.4, -0.2) is 55.1 Å². The van der Waals surface area contributed by atoms with Crippen LogP contribution in [0.3, 0.4) is 0 Å². The van der Waals surface area contributed by atoms with Crippen LogP contribution in [-0.2, 0) is 0 Å². The molecule has 1 saturated heterocycles. The number of carbonyl (C=O) groups is 2. The topological polar surface area (TPSA) is 73.9 Å². The van der Waals surface area contributed by atoms with Crippen LogP contribution in [0.1, 0.15) is 20.7 Å². The molecule has 3 aromatic rings. The maximum Gasteiger partial charge on any atom is 0.263 e. The summed E-state index contributed by atoms with van der Waals surface area (Å²) in [6.45, 7) is 2.09. The van der Waals surface area contributed by atoms with Gasteiger partial charge in [0.15, 0.2) is 22.5 Å². The zero-order valence-electron chi connectivity index (χ0n) is 20.4. The van der Waals surface area contributed by atoms with Gasteiger partial charge in [-0.05, 0) is 42.5 Å². The standard InChI is InChI=1S/C26H21ClF4N4O3S/c1-38-23-21(30)19(28)18(20(29)22(23)31)24(36)33-26(39)32-15-7-8-17(16(27)13-15)34-9-11-35(12-10-34)25(37)14-5-3-2-4-6-14/h2-8,13H,9-12H2,1H3,(H2,32,33,36,39). The molecule has 0 aliphatic carbocycles. The van der Waals surface area contributed by atoms with Gasteiger partial charge in [0, 0.05) is 37.4 Å². The molecule has 1 aliphatic rings. The van der Waals surface area contributed by atoms with Crippen LogP contribution in [0.4, 0.5) is 28.9 Å². The second-order valence-corrected chi connectivity index (χ2v) is 9.20. The van der Waals surface area contributed by atoms with E-state index in [1.807, 2.05) is 28.4 Å². The Bertz CT molecular complexity index is 1410. The summed E-state index contributed by atoms with van der Waals surface area (Å²) in [5.41, 5.74) is 0.167. The molecule has 2 amide bonds. The second kappa shape index (κ2) is 11.9. The first-order chi connectivity index (χ1) is 18.6. The minimum atomic E-state index is -1.93. The number of thiocarbonyl (C=S) groups is 1. The molecule has 1 fully saturated rings. The highest BCUT2D eigenvalue weighted by molar-refractivity contribution is 7.80. The third-order valence-corrected chi connectivity index (χ3v) is 6.52. The molecule has 39 heavy (non-hydrogen) atoms. The molecule has 0 bridgehead atoms. The number of benzene rings is 3. The lowest BCUT2D eigenvalue weighted by atomic mass is 10.1. The average Bonchev–Trinajstić information content (AvgIpc) is 2.92. The van der Waals surface area contributed by atoms with E-state index < -0.39 is 45.6 Å². The predicted octanol–water partition coefficient (Wildman–Crippen LogP) is 4.99. The second-order valence-electron chi connectivity index (χ2n) is 8.38. The summed E-state index contributed by atoms with van der Waals surface area (Å²) in [5, 5.41) is 4.56. The number of nitrogens with one attached hydrogen (secondary N) is 2. The Morgan fingerprint density at radius 2 is 1.54 bits per heavy atom. The Labute approximate surface area is 231 Å². The zero-order valence-corrected chi connectivity index (χ0v) is 21.9. The predicted molar refractivity (Wildman–Crippen MR) is 143 cm³/mol. The number of hydrogen-bond acceptors (Lipinski definition) is 5. The minimum absolute atomic E-state index is 0.0451. The first kappa shape index (κ1) is 28.1. The van der Waals surface area contributed by atoms with Crippen molar-refractivity contribution in [1.82, 2.24) is 10.2 Å². The smallest absolute Gasteiger partial charge is 0.263 e. The van der Waals surface area contributed by atoms with E-state index in [0.717, 1.165) is 7.11 Å². The maximum atomic E-state index is 14.2. The number of halogens is 5. The van der Waals surface area contributed by atoms with Crippen LogP contribution in [0, 0.1) is 23.3 Å². The molecular formula is C26H21ClF4N4O3S. The van der Waals surface area contributed by atoms with Gasteiger partial charge >= 0.3 is 0 Å². The highest BCUT2D eigenvalue weighted by Gasteiger charge is 2.30. The summed E-state index contributed by atoms with van der Waals surface area (Å²) in [5.74, 6) is -10.4. The fourth-order valence-electron chi connectivity index (χ4n) is 4.07. The molecule has 3 aromatic carbocycles. The molecule has 0 aromatic heterocycles. The summed E-state index contributed by atoms with van der Waals surface area (Å²) in [7, 11) is 0.822. The van der Waals surface area contributed by atoms with Gasteiger partial charge in [-0.25, -0.2) is 8.78 Å². The number of rotatable bonds is 5. The van der Waals surface area contributed by atoms with Crippen molar-refractivity contribution in [2.75, 3.05) is 43.5 Å². The average molecular weight is 581 g/mol. The van der Waals surface area contributed by atoms with Crippen LogP contribution in [0.15, 0.2) is 48.5 Å². The van der Waals surface area contributed by atoms with E-state index in [1.165, 1.54) is 6.07 Å². The normalized spacial score (nSPS) is 13.2. The van der Waals surface area contributed by atoms with E-state index in [2.05, 4.69) is 10.1 Å². The SMILES string of the molecule is COc1c(F)c(F)c(C(=O)NC(=S)Nc2ccc(N3CCN(C(=O)c4ccccc4)CC3)c(Cl)c2)c(F)c1F. The van der Waals surface area contributed by atoms with Crippen molar-refractivity contribution in [3.8, 4) is 5.75 Å². The van der Waals surface area contributed by atoms with Gasteiger partial charge in [-0.3, -0.25) is 14.9 Å². The lowest BCUT2D eigenvalue weighted by molar-refractivity contribution is 0.0746. The first-order valence-electron chi connectivity index (χ1n) is 11.5. The fraction of sp³-hybridized carbons (Fsp3) is 0.192. The third kappa shape index (κ3) is 5.91. The Morgan fingerprint density at radius 1 is 0.923 bits per heavy atom. The molecule has 0 saturated carbocycles. The maximum absolute atomic E-state index is 14.2. The summed E-state index contributed by atoms with van der Waals surface area (Å²) in [6, 6.07) is 13.8. The highest BCUT2D eigenvalue weighted by Crippen LogP contribution is 2.31. The van der Waals surface area contributed by atoms with Crippen LogP contribution >= 0.6 is 23.8 Å². The van der Waals surface area contributed by atoms with Gasteiger partial charge in [-0.1, -0.05) is 29.8 Å². The number of amides is 2. The van der Waals surface area contributed by atoms with Crippen molar-refractivity contribution in [1.29, 1.82) is 0 Å². The van der Waals surface area contributed by atoms with Crippen molar-refractivity contribution in [2.24, 2.45) is 0 Å². The number of nitrogens with zero attached hydrogens (tertiary/aromatic N) is 2. The molecule has 0 radical (unpaired) electrons. The number of hydrogen-bond donors (Lipinski definition) is 2. The minimum Gasteiger partial charge on any atom is -0.491 e. The van der Waals surface area contributed by atoms with Crippen LogP contribution in [0.2, 0.25) is 5.02 Å². The van der Waals surface area contributed by atoms with Crippen molar-refractivity contribution in [3.05, 3.63) is 87.9 Å². The molecule has 4 rings (SSSR count). The molecule has 204 valence electrons. The molecule has 1 heterocycles. The van der Waals surface area contributed by atoms with Gasteiger partial charge < -0.3 is 19.9 Å². The van der Waals surface area contributed by atoms with Gasteiger partial charge in [0.2, 0.25) is 11.6 Å². The number of methoxy groups -OCH3 is 1. The Balaban J connectivity index is 1.38. The number of ether oxygens (including phenoxy) is 1. The van der Waals surface area contributed by atoms with E-state index in [1.54, 1.807) is 29.2 Å². The van der Waals surface area contributed by atoms with Crippen molar-refractivity contribution < 1.29 is 31.9 Å². The molecule has 2 N–H and O–H groups in total. The Morgan fingerprint density at radius 3 is 2.10 bits per heavy atom. The van der Waals surface area contributed by atoms with E-state index in [-0.39, 0.29) is 5.91 Å². The van der Waals surface area contributed by atoms with Crippen molar-refractivity contribution in [2.45, 2.75) is 0 Å². The van der Waals surface area contributed by atoms with Gasteiger partial charge in [-0.2, -0.15) is 8.78 Å². The lowest BCUT2D eigenvalue weighted by Crippen LogP contribution is -2.48. The monoisotopic (exact) mass is 580 g/mol. The summed E-state index contributed by atoms with van der Waals surface area (Å²) in [4.78, 5) is 28.8. The first-order valence-corrected chi connectivity index (χ1v) is 12.3. The number of anilines is 2. The quantitative estimate of drug-likeness (QED) is 0.252. The third-order valence-electron chi connectivity index (χ3n) is 6.02. The van der Waals surface area contributed by atoms with E-state index >= 15 is 0 Å². The molecule has 13 heteroatoms. The molecule has 7 nitrogen and oxygen atoms in total. The van der Waals surface area contributed by atoms with Gasteiger partial charge in [0.1, 0.15) is 5.56 Å². The molecule has 0 atom stereocenters. The summed E-state index contributed by atoms with van der Waals surface area (Å²) >= 11 is 11.5. The Hall–Kier alpha value is -3.90. The largest absolute Gasteiger partial charge is 0.491 e. The molecular weight excluding hydrogens is 560 g/mol. The number of carbonyl (C=O) groups excluding carboxylic acids is 2. The number of piperazine rings is 1. The van der Waals surface area contributed by atoms with Gasteiger partial charge in [0.05, 0.1) is 17.8 Å². The summed E-state index contributed by atoms with van der Waals surface area (Å²) < 4.78 is 60.6. The molecule has 0 spiro atoms. The van der Waals surface area contributed by atoms with Crippen molar-refractivity contribution >= 4 is 52.1 Å². The van der Waals surface area contributed by atoms with Crippen LogP contribution in [0.25, 0.3) is 0 Å². The van der Waals surface area contributed by atoms with E-state index in [9.17, 15) is 27.2 Å². The van der Waals surface area contributed by atoms with Crippen molar-refractivity contribution in [3.63, 3.8) is 0 Å². The Kier molecular flexibility index (Phi) is 8.56. The lowest BCUT2D eigenvalue weighted by Gasteiger charge is -2.36. The molecule has 1 aliphatic heterocycles. The van der Waals surface area contributed by atoms with Gasteiger partial charge in [-0.15, -0.1) is 0 Å². The van der Waals surface area contributed by atoms with E-state index in [0.29, 0.717) is 48.1 Å². The van der Waals surface area contributed by atoms with Crippen LogP contribution in [0.5, 0.6) is 5.75 Å². The van der Waals surface area contributed by atoms with Crippen LogP contribution < -0.4 is 20.3 Å². The van der Waals surface area contributed by atoms with E-state index in [4.69, 9.17) is 23.8 Å². The molecule has 0 unspecified atom stereocenters. The van der Waals surface area contributed by atoms with Gasteiger partial charge in [0.25, 0.3) is 11.8 Å². The highest BCUT2D eigenvalue weighted by atomic mass is 35.5.